The molecule has 0 fully saturated rings. The van der Waals surface area contributed by atoms with Crippen molar-refractivity contribution in [2.75, 3.05) is 7.05 Å². The Bertz CT molecular complexity index is 546. The van der Waals surface area contributed by atoms with Crippen LogP contribution in [0.1, 0.15) is 35.2 Å². The Labute approximate surface area is 124 Å². The van der Waals surface area contributed by atoms with E-state index >= 15 is 0 Å². The zero-order chi connectivity index (χ0) is 13.8. The second-order valence-electron chi connectivity index (χ2n) is 4.77. The Morgan fingerprint density at radius 1 is 1.11 bits per heavy atom. The van der Waals surface area contributed by atoms with Crippen molar-refractivity contribution < 1.29 is 0 Å². The van der Waals surface area contributed by atoms with Crippen molar-refractivity contribution in [3.63, 3.8) is 0 Å². The monoisotopic (exact) mass is 317 g/mol. The van der Waals surface area contributed by atoms with E-state index in [4.69, 9.17) is 0 Å². The molecule has 2 heteroatoms. The summed E-state index contributed by atoms with van der Waals surface area (Å²) in [5.41, 5.74) is 5.30. The first-order valence-corrected chi connectivity index (χ1v) is 7.47. The van der Waals surface area contributed by atoms with Crippen LogP contribution in [0.25, 0.3) is 0 Å². The SMILES string of the molecule is CCc1ccc(C(NC)c2cccc(Br)c2C)cc1. The fourth-order valence-electron chi connectivity index (χ4n) is 2.38. The van der Waals surface area contributed by atoms with Crippen molar-refractivity contribution in [2.24, 2.45) is 0 Å². The van der Waals surface area contributed by atoms with Crippen molar-refractivity contribution in [1.29, 1.82) is 0 Å². The summed E-state index contributed by atoms with van der Waals surface area (Å²) in [5, 5.41) is 3.42. The van der Waals surface area contributed by atoms with Crippen LogP contribution in [-0.2, 0) is 6.42 Å². The van der Waals surface area contributed by atoms with Crippen LogP contribution in [-0.4, -0.2) is 7.05 Å². The highest BCUT2D eigenvalue weighted by molar-refractivity contribution is 9.10. The number of rotatable bonds is 4. The highest BCUT2D eigenvalue weighted by Gasteiger charge is 2.15. The van der Waals surface area contributed by atoms with E-state index in [0.717, 1.165) is 10.9 Å². The Morgan fingerprint density at radius 3 is 2.37 bits per heavy atom. The maximum Gasteiger partial charge on any atom is 0.0577 e. The lowest BCUT2D eigenvalue weighted by Crippen LogP contribution is -2.18. The van der Waals surface area contributed by atoms with Gasteiger partial charge in [-0.15, -0.1) is 0 Å². The van der Waals surface area contributed by atoms with Gasteiger partial charge in [-0.05, 0) is 48.7 Å². The molecule has 0 radical (unpaired) electrons. The van der Waals surface area contributed by atoms with Gasteiger partial charge in [0.15, 0.2) is 0 Å². The summed E-state index contributed by atoms with van der Waals surface area (Å²) in [5.74, 6) is 0. The molecule has 0 amide bonds. The summed E-state index contributed by atoms with van der Waals surface area (Å²) < 4.78 is 1.16. The van der Waals surface area contributed by atoms with Gasteiger partial charge >= 0.3 is 0 Å². The van der Waals surface area contributed by atoms with Crippen LogP contribution in [0, 0.1) is 6.92 Å². The zero-order valence-electron chi connectivity index (χ0n) is 11.7. The van der Waals surface area contributed by atoms with E-state index in [9.17, 15) is 0 Å². The van der Waals surface area contributed by atoms with Gasteiger partial charge in [-0.25, -0.2) is 0 Å². The Balaban J connectivity index is 2.40. The molecule has 0 aliphatic carbocycles. The summed E-state index contributed by atoms with van der Waals surface area (Å²) in [7, 11) is 2.01. The molecule has 0 saturated heterocycles. The molecule has 1 N–H and O–H groups in total. The van der Waals surface area contributed by atoms with Crippen molar-refractivity contribution >= 4 is 15.9 Å². The molecule has 1 unspecified atom stereocenters. The molecule has 0 heterocycles. The summed E-state index contributed by atoms with van der Waals surface area (Å²) in [6.45, 7) is 4.34. The summed E-state index contributed by atoms with van der Waals surface area (Å²) in [6, 6.07) is 15.5. The second kappa shape index (κ2) is 6.36. The molecule has 0 aliphatic rings. The lowest BCUT2D eigenvalue weighted by Gasteiger charge is -2.20. The molecule has 2 aromatic rings. The van der Waals surface area contributed by atoms with Crippen molar-refractivity contribution in [1.82, 2.24) is 5.32 Å². The maximum atomic E-state index is 3.61. The van der Waals surface area contributed by atoms with Gasteiger partial charge < -0.3 is 5.32 Å². The van der Waals surface area contributed by atoms with E-state index in [1.54, 1.807) is 0 Å². The highest BCUT2D eigenvalue weighted by atomic mass is 79.9. The largest absolute Gasteiger partial charge is 0.309 e. The van der Waals surface area contributed by atoms with E-state index in [2.05, 4.69) is 77.6 Å². The first-order valence-electron chi connectivity index (χ1n) is 6.68. The summed E-state index contributed by atoms with van der Waals surface area (Å²) in [6.07, 6.45) is 1.08. The van der Waals surface area contributed by atoms with Gasteiger partial charge in [-0.3, -0.25) is 0 Å². The zero-order valence-corrected chi connectivity index (χ0v) is 13.3. The Morgan fingerprint density at radius 2 is 1.79 bits per heavy atom. The van der Waals surface area contributed by atoms with Crippen LogP contribution in [0.5, 0.6) is 0 Å². The molecule has 19 heavy (non-hydrogen) atoms. The molecule has 100 valence electrons. The third-order valence-electron chi connectivity index (χ3n) is 3.63. The molecule has 1 atom stereocenters. The van der Waals surface area contributed by atoms with Gasteiger partial charge in [-0.1, -0.05) is 59.3 Å². The summed E-state index contributed by atoms with van der Waals surface area (Å²) >= 11 is 3.61. The standard InChI is InChI=1S/C17H20BrN/c1-4-13-8-10-14(11-9-13)17(19-3)15-6-5-7-16(18)12(15)2/h5-11,17,19H,4H2,1-3H3. The van der Waals surface area contributed by atoms with Gasteiger partial charge in [0.25, 0.3) is 0 Å². The minimum atomic E-state index is 0.239. The molecular formula is C17H20BrN. The number of halogens is 1. The van der Waals surface area contributed by atoms with E-state index in [0.29, 0.717) is 0 Å². The average Bonchev–Trinajstić information content (AvgIpc) is 2.45. The number of benzene rings is 2. The van der Waals surface area contributed by atoms with Crippen molar-refractivity contribution in [3.05, 3.63) is 69.2 Å². The number of nitrogens with one attached hydrogen (secondary N) is 1. The van der Waals surface area contributed by atoms with Gasteiger partial charge in [0.1, 0.15) is 0 Å². The second-order valence-corrected chi connectivity index (χ2v) is 5.63. The quantitative estimate of drug-likeness (QED) is 0.867. The molecular weight excluding hydrogens is 298 g/mol. The topological polar surface area (TPSA) is 12.0 Å². The minimum absolute atomic E-state index is 0.239. The van der Waals surface area contributed by atoms with E-state index in [1.807, 2.05) is 7.05 Å². The molecule has 0 saturated carbocycles. The third-order valence-corrected chi connectivity index (χ3v) is 4.49. The van der Waals surface area contributed by atoms with Crippen LogP contribution < -0.4 is 5.32 Å². The molecule has 0 aliphatic heterocycles. The lowest BCUT2D eigenvalue weighted by atomic mass is 9.94. The van der Waals surface area contributed by atoms with Crippen molar-refractivity contribution in [2.45, 2.75) is 26.3 Å². The van der Waals surface area contributed by atoms with E-state index < -0.39 is 0 Å². The Kier molecular flexibility index (Phi) is 4.78. The first kappa shape index (κ1) is 14.3. The minimum Gasteiger partial charge on any atom is -0.309 e. The molecule has 0 aromatic heterocycles. The van der Waals surface area contributed by atoms with E-state index in [1.165, 1.54) is 22.3 Å². The van der Waals surface area contributed by atoms with Gasteiger partial charge in [0.2, 0.25) is 0 Å². The number of hydrogen-bond donors (Lipinski definition) is 1. The average molecular weight is 318 g/mol. The van der Waals surface area contributed by atoms with Crippen LogP contribution in [0.15, 0.2) is 46.9 Å². The smallest absolute Gasteiger partial charge is 0.0577 e. The van der Waals surface area contributed by atoms with Crippen LogP contribution >= 0.6 is 15.9 Å². The normalized spacial score (nSPS) is 12.4. The fraction of sp³-hybridized carbons (Fsp3) is 0.294. The van der Waals surface area contributed by atoms with Gasteiger partial charge in [-0.2, -0.15) is 0 Å². The van der Waals surface area contributed by atoms with Crippen LogP contribution in [0.2, 0.25) is 0 Å². The fourth-order valence-corrected chi connectivity index (χ4v) is 2.77. The predicted molar refractivity (Wildman–Crippen MR) is 85.6 cm³/mol. The predicted octanol–water partition coefficient (Wildman–Crippen LogP) is 4.63. The molecule has 1 nitrogen and oxygen atoms in total. The van der Waals surface area contributed by atoms with Crippen LogP contribution in [0.3, 0.4) is 0 Å². The molecule has 0 bridgehead atoms. The van der Waals surface area contributed by atoms with Crippen LogP contribution in [0.4, 0.5) is 0 Å². The highest BCUT2D eigenvalue weighted by Crippen LogP contribution is 2.28. The Hall–Kier alpha value is -1.12. The van der Waals surface area contributed by atoms with E-state index in [-0.39, 0.29) is 6.04 Å². The molecule has 0 spiro atoms. The lowest BCUT2D eigenvalue weighted by molar-refractivity contribution is 0.686. The summed E-state index contributed by atoms with van der Waals surface area (Å²) in [4.78, 5) is 0. The van der Waals surface area contributed by atoms with Gasteiger partial charge in [0, 0.05) is 4.47 Å². The van der Waals surface area contributed by atoms with Crippen molar-refractivity contribution in [3.8, 4) is 0 Å². The maximum absolute atomic E-state index is 3.61. The number of hydrogen-bond acceptors (Lipinski definition) is 1. The number of aryl methyl sites for hydroxylation is 1. The third kappa shape index (κ3) is 3.07. The molecule has 2 aromatic carbocycles. The van der Waals surface area contributed by atoms with Gasteiger partial charge in [0.05, 0.1) is 6.04 Å². The first-order chi connectivity index (χ1) is 9.17. The molecule has 2 rings (SSSR count).